The normalized spacial score (nSPS) is 18.3. The molecule has 0 saturated carbocycles. The second-order valence-electron chi connectivity index (χ2n) is 10.2. The number of rotatable bonds is 10. The second-order valence-corrected chi connectivity index (χ2v) is 10.2. The van der Waals surface area contributed by atoms with Gasteiger partial charge in [0.2, 0.25) is 0 Å². The van der Waals surface area contributed by atoms with Gasteiger partial charge in [0, 0.05) is 30.1 Å². The number of likely N-dealkylation sites (N-methyl/N-ethyl adjacent to an activating group) is 1. The number of ether oxygens (including phenoxy) is 4. The number of nitro benzene ring substituents is 1. The molecule has 2 aliphatic rings. The highest BCUT2D eigenvalue weighted by Crippen LogP contribution is 2.40. The number of dihydropyridines is 1. The molecule has 0 spiro atoms. The van der Waals surface area contributed by atoms with Gasteiger partial charge in [-0.25, -0.2) is 9.59 Å². The summed E-state index contributed by atoms with van der Waals surface area (Å²) in [5.41, 5.74) is 1.65. The smallest absolute Gasteiger partial charge is 0.337 e. The van der Waals surface area contributed by atoms with Crippen LogP contribution in [0.25, 0.3) is 0 Å². The van der Waals surface area contributed by atoms with E-state index < -0.39 is 28.9 Å². The van der Waals surface area contributed by atoms with E-state index in [1.54, 1.807) is 33.8 Å². The summed E-state index contributed by atoms with van der Waals surface area (Å²) >= 11 is 0. The fourth-order valence-corrected chi connectivity index (χ4v) is 4.89. The number of benzene rings is 2. The molecule has 2 heterocycles. The lowest BCUT2D eigenvalue weighted by Gasteiger charge is -2.32. The number of hydrogen-bond donors (Lipinski definition) is 1. The van der Waals surface area contributed by atoms with Gasteiger partial charge < -0.3 is 24.3 Å². The molecule has 0 radical (unpaired) electrons. The summed E-state index contributed by atoms with van der Waals surface area (Å²) in [5.74, 6) is -0.767. The average molecular weight is 566 g/mol. The number of fused-ring (bicyclic) bond motifs is 1. The topological polar surface area (TPSA) is 129 Å². The summed E-state index contributed by atoms with van der Waals surface area (Å²) < 4.78 is 23.0. The number of nitrogens with one attached hydrogen (secondary N) is 1. The van der Waals surface area contributed by atoms with Gasteiger partial charge in [-0.15, -0.1) is 0 Å². The zero-order valence-corrected chi connectivity index (χ0v) is 23.8. The van der Waals surface area contributed by atoms with Crippen molar-refractivity contribution in [3.8, 4) is 11.5 Å². The van der Waals surface area contributed by atoms with Crippen LogP contribution in [0.5, 0.6) is 11.5 Å². The molecule has 4 rings (SSSR count). The molecule has 2 aliphatic heterocycles. The lowest BCUT2D eigenvalue weighted by molar-refractivity contribution is -0.384. The largest absolute Gasteiger partial charge is 0.484 e. The monoisotopic (exact) mass is 565 g/mol. The van der Waals surface area contributed by atoms with E-state index in [1.165, 1.54) is 18.2 Å². The number of nitro groups is 1. The van der Waals surface area contributed by atoms with Crippen molar-refractivity contribution in [2.75, 3.05) is 26.8 Å². The van der Waals surface area contributed by atoms with Gasteiger partial charge in [-0.2, -0.15) is 0 Å². The first-order chi connectivity index (χ1) is 19.6. The van der Waals surface area contributed by atoms with Crippen LogP contribution in [-0.4, -0.2) is 60.9 Å². The van der Waals surface area contributed by atoms with Crippen LogP contribution in [0.2, 0.25) is 0 Å². The van der Waals surface area contributed by atoms with E-state index in [0.717, 1.165) is 0 Å². The zero-order valence-electron chi connectivity index (χ0n) is 23.8. The Labute approximate surface area is 238 Å². The molecule has 1 N–H and O–H groups in total. The Morgan fingerprint density at radius 2 is 1.76 bits per heavy atom. The molecule has 0 fully saturated rings. The van der Waals surface area contributed by atoms with Crippen LogP contribution in [0.3, 0.4) is 0 Å². The summed E-state index contributed by atoms with van der Waals surface area (Å²) in [7, 11) is 1.90. The summed E-state index contributed by atoms with van der Waals surface area (Å²) in [6.45, 7) is 7.92. The van der Waals surface area contributed by atoms with Gasteiger partial charge in [0.15, 0.2) is 17.7 Å². The molecule has 0 aliphatic carbocycles. The molecule has 218 valence electrons. The number of nitrogens with zero attached hydrogens (tertiary/aromatic N) is 2. The Morgan fingerprint density at radius 1 is 1.07 bits per heavy atom. The summed E-state index contributed by atoms with van der Waals surface area (Å²) in [6.07, 6.45) is -0.170. The highest BCUT2D eigenvalue weighted by atomic mass is 16.6. The molecule has 2 atom stereocenters. The van der Waals surface area contributed by atoms with Gasteiger partial charge in [0.1, 0.15) is 6.61 Å². The highest BCUT2D eigenvalue weighted by molar-refractivity contribution is 6.00. The van der Waals surface area contributed by atoms with Crippen LogP contribution in [0.4, 0.5) is 5.69 Å². The van der Waals surface area contributed by atoms with Crippen molar-refractivity contribution in [2.45, 2.75) is 52.4 Å². The van der Waals surface area contributed by atoms with E-state index in [1.807, 2.05) is 36.2 Å². The number of hydrogen-bond acceptors (Lipinski definition) is 10. The molecule has 0 saturated heterocycles. The van der Waals surface area contributed by atoms with E-state index in [4.69, 9.17) is 18.9 Å². The van der Waals surface area contributed by atoms with Crippen molar-refractivity contribution in [1.82, 2.24) is 10.2 Å². The van der Waals surface area contributed by atoms with Crippen molar-refractivity contribution in [1.29, 1.82) is 0 Å². The molecule has 0 aromatic heterocycles. The molecule has 41 heavy (non-hydrogen) atoms. The lowest BCUT2D eigenvalue weighted by Crippen LogP contribution is -2.43. The fourth-order valence-electron chi connectivity index (χ4n) is 4.89. The Kier molecular flexibility index (Phi) is 9.28. The zero-order chi connectivity index (χ0) is 29.7. The van der Waals surface area contributed by atoms with E-state index >= 15 is 0 Å². The third-order valence-electron chi connectivity index (χ3n) is 6.83. The molecule has 0 amide bonds. The molecule has 2 aromatic rings. The van der Waals surface area contributed by atoms with E-state index in [0.29, 0.717) is 48.0 Å². The van der Waals surface area contributed by atoms with Crippen molar-refractivity contribution in [2.24, 2.45) is 0 Å². The summed E-state index contributed by atoms with van der Waals surface area (Å²) in [5, 5.41) is 14.6. The predicted octanol–water partition coefficient (Wildman–Crippen LogP) is 4.44. The molecule has 11 heteroatoms. The Bertz CT molecular complexity index is 1380. The van der Waals surface area contributed by atoms with Gasteiger partial charge in [0.05, 0.1) is 34.7 Å². The van der Waals surface area contributed by atoms with Crippen LogP contribution in [-0.2, 0) is 19.1 Å². The van der Waals surface area contributed by atoms with Crippen LogP contribution in [0.1, 0.15) is 45.6 Å². The summed E-state index contributed by atoms with van der Waals surface area (Å²) in [6, 6.07) is 13.4. The van der Waals surface area contributed by atoms with Gasteiger partial charge in [0.25, 0.3) is 5.69 Å². The Morgan fingerprint density at radius 3 is 2.44 bits per heavy atom. The number of non-ortho nitro benzene ring substituents is 1. The molecule has 11 nitrogen and oxygen atoms in total. The van der Waals surface area contributed by atoms with Gasteiger partial charge in [-0.1, -0.05) is 24.3 Å². The number of carbonyl (C=O) groups excluding carboxylic acids is 2. The molecule has 0 bridgehead atoms. The van der Waals surface area contributed by atoms with Gasteiger partial charge >= 0.3 is 11.9 Å². The van der Waals surface area contributed by atoms with Crippen molar-refractivity contribution < 1.29 is 33.5 Å². The van der Waals surface area contributed by atoms with E-state index in [-0.39, 0.29) is 29.7 Å². The third-order valence-corrected chi connectivity index (χ3v) is 6.83. The molecule has 2 unspecified atom stereocenters. The Balaban J connectivity index is 1.48. The number of esters is 2. The minimum atomic E-state index is -0.912. The minimum absolute atomic E-state index is 0.111. The van der Waals surface area contributed by atoms with Crippen molar-refractivity contribution in [3.05, 3.63) is 86.7 Å². The van der Waals surface area contributed by atoms with Crippen molar-refractivity contribution in [3.63, 3.8) is 0 Å². The van der Waals surface area contributed by atoms with Crippen LogP contribution < -0.4 is 14.8 Å². The van der Waals surface area contributed by atoms with Crippen LogP contribution in [0, 0.1) is 10.1 Å². The standard InChI is InChI=1S/C30H35N3O8/c1-18(2)40-30(35)27-20(4)31-19(3)26(28(27)21-10-8-11-22(16-21)33(36)37)29(34)38-15-9-14-32(5)25-17-39-23-12-6-7-13-24(23)41-25/h6-8,10-13,16,18,25,28,31H,9,14-15,17H2,1-5H3. The first-order valence-corrected chi connectivity index (χ1v) is 13.5. The highest BCUT2D eigenvalue weighted by Gasteiger charge is 2.39. The first kappa shape index (κ1) is 29.6. The number of para-hydroxylation sites is 2. The minimum Gasteiger partial charge on any atom is -0.484 e. The van der Waals surface area contributed by atoms with E-state index in [9.17, 15) is 19.7 Å². The average Bonchev–Trinajstić information content (AvgIpc) is 2.94. The molecular formula is C30H35N3O8. The molecular weight excluding hydrogens is 530 g/mol. The van der Waals surface area contributed by atoms with Gasteiger partial charge in [-0.05, 0) is 58.9 Å². The second kappa shape index (κ2) is 12.9. The lowest BCUT2D eigenvalue weighted by atomic mass is 9.80. The summed E-state index contributed by atoms with van der Waals surface area (Å²) in [4.78, 5) is 39.7. The fraction of sp³-hybridized carbons (Fsp3) is 0.400. The van der Waals surface area contributed by atoms with Gasteiger partial charge in [-0.3, -0.25) is 15.0 Å². The third kappa shape index (κ3) is 6.86. The van der Waals surface area contributed by atoms with Crippen LogP contribution >= 0.6 is 0 Å². The Hall–Kier alpha value is -4.38. The maximum atomic E-state index is 13.5. The SMILES string of the molecule is CC1=C(C(=O)OCCCN(C)C2COc3ccccc3O2)C(c2cccc([N+](=O)[O-])c2)C(C(=O)OC(C)C)=C(C)N1. The first-order valence-electron chi connectivity index (χ1n) is 13.5. The molecule has 2 aromatic carbocycles. The maximum absolute atomic E-state index is 13.5. The van der Waals surface area contributed by atoms with Crippen LogP contribution in [0.15, 0.2) is 71.1 Å². The van der Waals surface area contributed by atoms with Crippen molar-refractivity contribution >= 4 is 17.6 Å². The van der Waals surface area contributed by atoms with E-state index in [2.05, 4.69) is 5.32 Å². The maximum Gasteiger partial charge on any atom is 0.337 e. The number of allylic oxidation sites excluding steroid dienone is 2. The number of carbonyl (C=O) groups is 2. The predicted molar refractivity (Wildman–Crippen MR) is 150 cm³/mol. The quantitative estimate of drug-likeness (QED) is 0.191.